The van der Waals surface area contributed by atoms with Gasteiger partial charge in [-0.15, -0.1) is 37.7 Å². The van der Waals surface area contributed by atoms with Crippen molar-refractivity contribution in [2.75, 3.05) is 0 Å². The third-order valence-electron chi connectivity index (χ3n) is 2.42. The summed E-state index contributed by atoms with van der Waals surface area (Å²) in [6, 6.07) is 10.3. The number of allylic oxidation sites excluding steroid dienone is 8. The van der Waals surface area contributed by atoms with E-state index in [2.05, 4.69) is 65.3 Å². The van der Waals surface area contributed by atoms with Gasteiger partial charge in [0.2, 0.25) is 0 Å². The summed E-state index contributed by atoms with van der Waals surface area (Å²) in [5.74, 6) is 0. The van der Waals surface area contributed by atoms with Crippen molar-refractivity contribution in [3.63, 3.8) is 0 Å². The molecule has 0 saturated heterocycles. The second-order valence-electron chi connectivity index (χ2n) is 4.02. The molecule has 0 saturated carbocycles. The molecule has 0 amide bonds. The van der Waals surface area contributed by atoms with Gasteiger partial charge >= 0.3 is 63.8 Å². The fourth-order valence-electron chi connectivity index (χ4n) is 1.40. The molecule has 0 atom stereocenters. The van der Waals surface area contributed by atoms with Gasteiger partial charge < -0.3 is 7.43 Å². The molecule has 0 N–H and O–H groups in total. The van der Waals surface area contributed by atoms with Crippen LogP contribution in [0.3, 0.4) is 0 Å². The van der Waals surface area contributed by atoms with Gasteiger partial charge in [0.1, 0.15) is 0 Å². The van der Waals surface area contributed by atoms with Crippen molar-refractivity contribution in [2.24, 2.45) is 0 Å². The fraction of sp³-hybridized carbons (Fsp3) is 0.158. The third kappa shape index (κ3) is 14.5. The first-order valence-electron chi connectivity index (χ1n) is 6.34. The van der Waals surface area contributed by atoms with Crippen LogP contribution in [0.1, 0.15) is 25.3 Å². The number of hydrogen-bond acceptors (Lipinski definition) is 0. The van der Waals surface area contributed by atoms with Crippen molar-refractivity contribution >= 4 is 28.5 Å². The molecule has 0 radical (unpaired) electrons. The summed E-state index contributed by atoms with van der Waals surface area (Å²) >= 11 is 1.46. The molecule has 0 spiro atoms. The molecular weight excluding hydrogens is 390 g/mol. The molecule has 0 fully saturated rings. The topological polar surface area (TPSA) is 0 Å². The van der Waals surface area contributed by atoms with Crippen LogP contribution >= 0.6 is 24.8 Å². The van der Waals surface area contributed by atoms with E-state index in [0.717, 1.165) is 12.8 Å². The Labute approximate surface area is 163 Å². The summed E-state index contributed by atoms with van der Waals surface area (Å²) in [6.45, 7) is 2.06. The van der Waals surface area contributed by atoms with Gasteiger partial charge in [0.05, 0.1) is 0 Å². The van der Waals surface area contributed by atoms with E-state index in [4.69, 9.17) is 0 Å². The van der Waals surface area contributed by atoms with Crippen molar-refractivity contribution in [1.29, 1.82) is 0 Å². The van der Waals surface area contributed by atoms with E-state index >= 15 is 0 Å². The zero-order valence-corrected chi connectivity index (χ0v) is 17.2. The zero-order valence-electron chi connectivity index (χ0n) is 13.1. The first-order chi connectivity index (χ1) is 9.33. The molecule has 2 aliphatic carbocycles. The van der Waals surface area contributed by atoms with Crippen LogP contribution in [-0.4, -0.2) is 3.71 Å². The molecule has 3 rings (SSSR count). The third-order valence-corrected chi connectivity index (χ3v) is 3.24. The summed E-state index contributed by atoms with van der Waals surface area (Å²) < 4.78 is 2.17. The minimum atomic E-state index is 0. The summed E-state index contributed by atoms with van der Waals surface area (Å²) in [7, 11) is 0. The van der Waals surface area contributed by atoms with E-state index in [-0.39, 0.29) is 32.2 Å². The average molecular weight is 414 g/mol. The van der Waals surface area contributed by atoms with Crippen molar-refractivity contribution in [3.8, 4) is 0 Å². The minimum absolute atomic E-state index is 0. The van der Waals surface area contributed by atoms with Gasteiger partial charge in [-0.1, -0.05) is 6.92 Å². The van der Waals surface area contributed by atoms with Crippen LogP contribution in [0.2, 0.25) is 0 Å². The Hall–Kier alpha value is -0.487. The maximum absolute atomic E-state index is 3.12. The number of rotatable bonds is 1. The average Bonchev–Trinajstić information content (AvgIpc) is 3.16. The second-order valence-corrected chi connectivity index (χ2v) is 4.73. The predicted octanol–water partition coefficient (Wildman–Crippen LogP) is 5.68. The molecule has 0 unspecified atom stereocenters. The Bertz CT molecular complexity index is 473. The van der Waals surface area contributed by atoms with Gasteiger partial charge in [-0.2, -0.15) is 12.2 Å². The Morgan fingerprint density at radius 3 is 1.95 bits per heavy atom. The van der Waals surface area contributed by atoms with E-state index in [1.165, 1.54) is 35.4 Å². The Kier molecular flexibility index (Phi) is 22.3. The van der Waals surface area contributed by atoms with Crippen LogP contribution in [-0.2, 0) is 24.2 Å². The number of benzene rings is 1. The molecule has 22 heavy (non-hydrogen) atoms. The molecule has 0 aromatic heterocycles. The monoisotopic (exact) mass is 411 g/mol. The SMILES string of the molecule is CC1=[C-]CC=C1.Cl.Cl.[C-]1=CC=CC1.[CH3-].[Zr]=[CH]c1ccccc1. The summed E-state index contributed by atoms with van der Waals surface area (Å²) in [4.78, 5) is 0. The van der Waals surface area contributed by atoms with Gasteiger partial charge in [0, 0.05) is 0 Å². The fourth-order valence-corrected chi connectivity index (χ4v) is 1.88. The molecule has 0 bridgehead atoms. The van der Waals surface area contributed by atoms with E-state index in [9.17, 15) is 0 Å². The molecule has 0 aliphatic heterocycles. The molecule has 1 aromatic carbocycles. The molecule has 1 aromatic rings. The van der Waals surface area contributed by atoms with Gasteiger partial charge in [0.15, 0.2) is 0 Å². The van der Waals surface area contributed by atoms with Crippen LogP contribution in [0, 0.1) is 19.6 Å². The van der Waals surface area contributed by atoms with Gasteiger partial charge in [-0.3, -0.25) is 12.2 Å². The predicted molar refractivity (Wildman–Crippen MR) is 100 cm³/mol. The Morgan fingerprint density at radius 2 is 1.73 bits per heavy atom. The van der Waals surface area contributed by atoms with Gasteiger partial charge in [-0.05, 0) is 0 Å². The number of halogens is 2. The first kappa shape index (κ1) is 26.4. The number of hydrogen-bond donors (Lipinski definition) is 0. The van der Waals surface area contributed by atoms with E-state index in [1.807, 2.05) is 18.2 Å². The Balaban J connectivity index is -0.000000236. The Morgan fingerprint density at radius 1 is 1.05 bits per heavy atom. The molecule has 3 heteroatoms. The van der Waals surface area contributed by atoms with Crippen LogP contribution in [0.5, 0.6) is 0 Å². The first-order valence-corrected chi connectivity index (χ1v) is 7.76. The molecule has 2 aliphatic rings. The molecular formula is C19H23Cl2Zr-3. The zero-order chi connectivity index (χ0) is 13.8. The van der Waals surface area contributed by atoms with E-state index in [1.54, 1.807) is 0 Å². The maximum atomic E-state index is 3.12. The molecule has 0 heterocycles. The standard InChI is InChI=1S/C7H6.C6H7.C5H5.CH3.2ClH.Zr/c1-7-5-3-2-4-6-7;1-6-4-2-3-5-6;1-2-4-5-3-1;;;;/h1-6H;2,4H,3H2,1H3;1-3H,4H2;1H3;2*1H;/q;3*-1;;;. The van der Waals surface area contributed by atoms with Crippen LogP contribution < -0.4 is 0 Å². The molecule has 120 valence electrons. The quantitative estimate of drug-likeness (QED) is 0.520. The van der Waals surface area contributed by atoms with Gasteiger partial charge in [0.25, 0.3) is 0 Å². The molecule has 0 nitrogen and oxygen atoms in total. The van der Waals surface area contributed by atoms with E-state index < -0.39 is 0 Å². The summed E-state index contributed by atoms with van der Waals surface area (Å²) in [6.07, 6.45) is 18.3. The summed E-state index contributed by atoms with van der Waals surface area (Å²) in [5.41, 5.74) is 2.60. The second kappa shape index (κ2) is 18.6. The van der Waals surface area contributed by atoms with Crippen molar-refractivity contribution in [1.82, 2.24) is 0 Å². The van der Waals surface area contributed by atoms with Crippen molar-refractivity contribution < 1.29 is 24.2 Å². The summed E-state index contributed by atoms with van der Waals surface area (Å²) in [5, 5.41) is 0. The van der Waals surface area contributed by atoms with Crippen LogP contribution in [0.15, 0.2) is 66.3 Å². The van der Waals surface area contributed by atoms with Crippen molar-refractivity contribution in [3.05, 3.63) is 91.4 Å². The van der Waals surface area contributed by atoms with Crippen LogP contribution in [0.25, 0.3) is 0 Å². The van der Waals surface area contributed by atoms with Crippen LogP contribution in [0.4, 0.5) is 0 Å². The van der Waals surface area contributed by atoms with E-state index in [0.29, 0.717) is 0 Å². The van der Waals surface area contributed by atoms with Crippen molar-refractivity contribution in [2.45, 2.75) is 19.8 Å². The van der Waals surface area contributed by atoms with Gasteiger partial charge in [-0.25, -0.2) is 23.8 Å². The normalized spacial score (nSPS) is 12.1.